The molecule has 0 unspecified atom stereocenters. The number of carbonyl (C=O) groups is 2. The molecular formula is C16H18Cl2N2O2. The molecule has 4 nitrogen and oxygen atoms in total. The summed E-state index contributed by atoms with van der Waals surface area (Å²) in [6, 6.07) is 4.63. The predicted molar refractivity (Wildman–Crippen MR) is 85.6 cm³/mol. The summed E-state index contributed by atoms with van der Waals surface area (Å²) in [7, 11) is 0. The van der Waals surface area contributed by atoms with Crippen LogP contribution in [0.2, 0.25) is 10.0 Å². The molecule has 1 aromatic rings. The van der Waals surface area contributed by atoms with Gasteiger partial charge in [0, 0.05) is 11.4 Å². The standard InChI is InChI=1S/C16H18Cl2N2O2/c17-12-3-4-14(18)13(8-12)16(22)20-19-15(21)7-11-6-9-1-2-10(11)5-9/h3-4,8-11H,1-2,5-7H2,(H,19,21)(H,20,22)/t9-,10-,11+/m1/s1. The Labute approximate surface area is 139 Å². The Balaban J connectivity index is 1.50. The van der Waals surface area contributed by atoms with Crippen molar-refractivity contribution in [2.75, 3.05) is 0 Å². The number of halogens is 2. The summed E-state index contributed by atoms with van der Waals surface area (Å²) in [4.78, 5) is 24.0. The number of hydrogen-bond acceptors (Lipinski definition) is 2. The molecule has 22 heavy (non-hydrogen) atoms. The molecule has 3 rings (SSSR count). The number of amides is 2. The van der Waals surface area contributed by atoms with E-state index in [-0.39, 0.29) is 11.5 Å². The second-order valence-corrected chi connectivity index (χ2v) is 7.11. The van der Waals surface area contributed by atoms with Crippen molar-refractivity contribution in [2.24, 2.45) is 17.8 Å². The molecule has 118 valence electrons. The quantitative estimate of drug-likeness (QED) is 0.826. The Bertz CT molecular complexity index is 606. The first kappa shape index (κ1) is 15.6. The average molecular weight is 341 g/mol. The molecule has 0 aliphatic heterocycles. The van der Waals surface area contributed by atoms with Gasteiger partial charge in [-0.2, -0.15) is 0 Å². The van der Waals surface area contributed by atoms with E-state index in [0.29, 0.717) is 28.3 Å². The van der Waals surface area contributed by atoms with Crippen LogP contribution in [0.25, 0.3) is 0 Å². The number of hydrogen-bond donors (Lipinski definition) is 2. The molecule has 0 spiro atoms. The van der Waals surface area contributed by atoms with Crippen molar-refractivity contribution in [3.05, 3.63) is 33.8 Å². The first-order chi connectivity index (χ1) is 10.5. The monoisotopic (exact) mass is 340 g/mol. The molecule has 2 fully saturated rings. The number of carbonyl (C=O) groups excluding carboxylic acids is 2. The Hall–Kier alpha value is -1.26. The third-order valence-electron chi connectivity index (χ3n) is 4.82. The van der Waals surface area contributed by atoms with Crippen molar-refractivity contribution >= 4 is 35.0 Å². The van der Waals surface area contributed by atoms with Crippen molar-refractivity contribution in [1.82, 2.24) is 10.9 Å². The fraction of sp³-hybridized carbons (Fsp3) is 0.500. The lowest BCUT2D eigenvalue weighted by molar-refractivity contribution is -0.123. The van der Waals surface area contributed by atoms with Crippen LogP contribution in [0.5, 0.6) is 0 Å². The summed E-state index contributed by atoms with van der Waals surface area (Å²) in [6.45, 7) is 0. The lowest BCUT2D eigenvalue weighted by atomic mass is 9.86. The van der Waals surface area contributed by atoms with Crippen LogP contribution in [-0.2, 0) is 4.79 Å². The summed E-state index contributed by atoms with van der Waals surface area (Å²) >= 11 is 11.8. The lowest BCUT2D eigenvalue weighted by Crippen LogP contribution is -2.42. The summed E-state index contributed by atoms with van der Waals surface area (Å²) in [5.74, 6) is 1.35. The van der Waals surface area contributed by atoms with Crippen molar-refractivity contribution < 1.29 is 9.59 Å². The lowest BCUT2D eigenvalue weighted by Gasteiger charge is -2.20. The molecule has 6 heteroatoms. The first-order valence-corrected chi connectivity index (χ1v) is 8.32. The largest absolute Gasteiger partial charge is 0.273 e. The van der Waals surface area contributed by atoms with Crippen LogP contribution in [0.15, 0.2) is 18.2 Å². The molecule has 2 saturated carbocycles. The first-order valence-electron chi connectivity index (χ1n) is 7.57. The Morgan fingerprint density at radius 3 is 2.64 bits per heavy atom. The van der Waals surface area contributed by atoms with Gasteiger partial charge in [-0.15, -0.1) is 0 Å². The van der Waals surface area contributed by atoms with Crippen LogP contribution in [0.3, 0.4) is 0 Å². The molecule has 3 atom stereocenters. The smallest absolute Gasteiger partial charge is 0.271 e. The molecule has 0 aromatic heterocycles. The third kappa shape index (κ3) is 3.39. The molecule has 0 heterocycles. The number of benzene rings is 1. The Morgan fingerprint density at radius 2 is 1.95 bits per heavy atom. The van der Waals surface area contributed by atoms with Crippen molar-refractivity contribution in [3.63, 3.8) is 0 Å². The number of fused-ring (bicyclic) bond motifs is 2. The maximum Gasteiger partial charge on any atom is 0.271 e. The Kier molecular flexibility index (Phi) is 4.59. The summed E-state index contributed by atoms with van der Waals surface area (Å²) in [5, 5.41) is 0.715. The highest BCUT2D eigenvalue weighted by Gasteiger charge is 2.40. The number of hydrazine groups is 1. The summed E-state index contributed by atoms with van der Waals surface area (Å²) < 4.78 is 0. The van der Waals surface area contributed by atoms with E-state index in [0.717, 1.165) is 12.3 Å². The van der Waals surface area contributed by atoms with E-state index in [1.54, 1.807) is 12.1 Å². The van der Waals surface area contributed by atoms with E-state index in [1.165, 1.54) is 25.3 Å². The van der Waals surface area contributed by atoms with Crippen LogP contribution in [-0.4, -0.2) is 11.8 Å². The van der Waals surface area contributed by atoms with Crippen LogP contribution in [0, 0.1) is 17.8 Å². The van der Waals surface area contributed by atoms with Gasteiger partial charge in [0.25, 0.3) is 5.91 Å². The van der Waals surface area contributed by atoms with E-state index in [9.17, 15) is 9.59 Å². The molecule has 0 saturated heterocycles. The van der Waals surface area contributed by atoms with Crippen LogP contribution in [0.4, 0.5) is 0 Å². The van der Waals surface area contributed by atoms with Gasteiger partial charge in [-0.3, -0.25) is 20.4 Å². The molecule has 2 bridgehead atoms. The van der Waals surface area contributed by atoms with Crippen LogP contribution < -0.4 is 10.9 Å². The normalized spacial score (nSPS) is 26.0. The maximum atomic E-state index is 12.0. The third-order valence-corrected chi connectivity index (χ3v) is 5.39. The summed E-state index contributed by atoms with van der Waals surface area (Å²) in [5.41, 5.74) is 5.12. The second-order valence-electron chi connectivity index (χ2n) is 6.27. The SMILES string of the molecule is O=C(C[C@@H]1C[C@@H]2CC[C@@H]1C2)NNC(=O)c1cc(Cl)ccc1Cl. The highest BCUT2D eigenvalue weighted by atomic mass is 35.5. The topological polar surface area (TPSA) is 58.2 Å². The zero-order valence-electron chi connectivity index (χ0n) is 12.1. The minimum Gasteiger partial charge on any atom is -0.273 e. The van der Waals surface area contributed by atoms with E-state index in [4.69, 9.17) is 23.2 Å². The van der Waals surface area contributed by atoms with Gasteiger partial charge in [-0.1, -0.05) is 29.6 Å². The maximum absolute atomic E-state index is 12.0. The molecular weight excluding hydrogens is 323 g/mol. The van der Waals surface area contributed by atoms with Crippen molar-refractivity contribution in [1.29, 1.82) is 0 Å². The van der Waals surface area contributed by atoms with Crippen molar-refractivity contribution in [2.45, 2.75) is 32.1 Å². The van der Waals surface area contributed by atoms with Gasteiger partial charge >= 0.3 is 0 Å². The highest BCUT2D eigenvalue weighted by molar-refractivity contribution is 6.35. The zero-order chi connectivity index (χ0) is 15.7. The van der Waals surface area contributed by atoms with Gasteiger partial charge in [0.15, 0.2) is 0 Å². The molecule has 2 amide bonds. The highest BCUT2D eigenvalue weighted by Crippen LogP contribution is 2.49. The van der Waals surface area contributed by atoms with E-state index in [1.807, 2.05) is 0 Å². The number of nitrogens with one attached hydrogen (secondary N) is 2. The molecule has 2 N–H and O–H groups in total. The molecule has 0 radical (unpaired) electrons. The summed E-state index contributed by atoms with van der Waals surface area (Å²) in [6.07, 6.45) is 5.44. The van der Waals surface area contributed by atoms with Gasteiger partial charge in [-0.05, 0) is 55.2 Å². The van der Waals surface area contributed by atoms with Crippen molar-refractivity contribution in [3.8, 4) is 0 Å². The molecule has 1 aromatic carbocycles. The van der Waals surface area contributed by atoms with E-state index in [2.05, 4.69) is 10.9 Å². The fourth-order valence-electron chi connectivity index (χ4n) is 3.78. The van der Waals surface area contributed by atoms with Gasteiger partial charge in [0.05, 0.1) is 10.6 Å². The van der Waals surface area contributed by atoms with Gasteiger partial charge in [0.2, 0.25) is 5.91 Å². The molecule has 2 aliphatic carbocycles. The fourth-order valence-corrected chi connectivity index (χ4v) is 4.16. The minimum absolute atomic E-state index is 0.149. The Morgan fingerprint density at radius 1 is 1.14 bits per heavy atom. The van der Waals surface area contributed by atoms with E-state index >= 15 is 0 Å². The number of rotatable bonds is 3. The van der Waals surface area contributed by atoms with Gasteiger partial charge in [-0.25, -0.2) is 0 Å². The average Bonchev–Trinajstić information content (AvgIpc) is 3.10. The minimum atomic E-state index is -0.464. The predicted octanol–water partition coefficient (Wildman–Crippen LogP) is 3.58. The van der Waals surface area contributed by atoms with E-state index < -0.39 is 5.91 Å². The van der Waals surface area contributed by atoms with Gasteiger partial charge < -0.3 is 0 Å². The zero-order valence-corrected chi connectivity index (χ0v) is 13.6. The second kappa shape index (κ2) is 6.47. The van der Waals surface area contributed by atoms with Crippen LogP contribution in [0.1, 0.15) is 42.5 Å². The van der Waals surface area contributed by atoms with Gasteiger partial charge in [0.1, 0.15) is 0 Å². The van der Waals surface area contributed by atoms with Crippen LogP contribution >= 0.6 is 23.2 Å². The molecule has 2 aliphatic rings.